The minimum absolute atomic E-state index is 0.0131. The van der Waals surface area contributed by atoms with Crippen LogP contribution in [0, 0.1) is 5.82 Å². The Morgan fingerprint density at radius 1 is 1.21 bits per heavy atom. The second kappa shape index (κ2) is 9.81. The zero-order chi connectivity index (χ0) is 27.3. The first-order chi connectivity index (χ1) is 18.8. The van der Waals surface area contributed by atoms with Crippen molar-refractivity contribution in [1.29, 1.82) is 0 Å². The lowest BCUT2D eigenvalue weighted by molar-refractivity contribution is 0.0949. The van der Waals surface area contributed by atoms with Crippen LogP contribution in [-0.4, -0.2) is 66.9 Å². The van der Waals surface area contributed by atoms with Crippen molar-refractivity contribution in [2.45, 2.75) is 25.3 Å². The number of carbonyl (C=O) groups is 1. The summed E-state index contributed by atoms with van der Waals surface area (Å²) in [6.45, 7) is 1.51. The Balaban J connectivity index is 1.51. The highest BCUT2D eigenvalue weighted by molar-refractivity contribution is 6.03. The van der Waals surface area contributed by atoms with Gasteiger partial charge < -0.3 is 24.4 Å². The molecule has 1 N–H and O–H groups in total. The number of hydrogen-bond acceptors (Lipinski definition) is 5. The lowest BCUT2D eigenvalue weighted by Crippen LogP contribution is -2.34. The fourth-order valence-corrected chi connectivity index (χ4v) is 5.58. The molecular formula is C30H30FN5O3. The van der Waals surface area contributed by atoms with Crippen LogP contribution in [0.2, 0.25) is 0 Å². The zero-order valence-electron chi connectivity index (χ0n) is 22.2. The minimum atomic E-state index is -0.704. The smallest absolute Gasteiger partial charge is 0.256 e. The molecule has 6 rings (SSSR count). The molecule has 2 aliphatic rings. The third-order valence-electron chi connectivity index (χ3n) is 7.59. The molecule has 0 radical (unpaired) electrons. The van der Waals surface area contributed by atoms with Gasteiger partial charge in [-0.25, -0.2) is 9.38 Å². The molecule has 1 fully saturated rings. The molecule has 8 nitrogen and oxygen atoms in total. The van der Waals surface area contributed by atoms with Crippen molar-refractivity contribution in [2.24, 2.45) is 4.99 Å². The van der Waals surface area contributed by atoms with E-state index in [0.29, 0.717) is 29.5 Å². The topological polar surface area (TPSA) is 79.2 Å². The van der Waals surface area contributed by atoms with Crippen molar-refractivity contribution in [3.05, 3.63) is 70.3 Å². The molecule has 1 atom stereocenters. The molecule has 3 aromatic carbocycles. The Labute approximate surface area is 225 Å². The third kappa shape index (κ3) is 4.32. The van der Waals surface area contributed by atoms with E-state index in [1.165, 1.54) is 6.34 Å². The van der Waals surface area contributed by atoms with Gasteiger partial charge >= 0.3 is 0 Å². The van der Waals surface area contributed by atoms with Crippen molar-refractivity contribution in [3.63, 3.8) is 0 Å². The molecule has 39 heavy (non-hydrogen) atoms. The van der Waals surface area contributed by atoms with E-state index in [4.69, 9.17) is 4.74 Å². The van der Waals surface area contributed by atoms with Crippen LogP contribution in [0.25, 0.3) is 27.4 Å². The molecule has 9 heteroatoms. The number of aliphatic imine (C=N–C) groups is 1. The summed E-state index contributed by atoms with van der Waals surface area (Å²) in [7, 11) is 5.65. The predicted molar refractivity (Wildman–Crippen MR) is 152 cm³/mol. The van der Waals surface area contributed by atoms with Crippen LogP contribution in [0.4, 0.5) is 10.1 Å². The summed E-state index contributed by atoms with van der Waals surface area (Å²) < 4.78 is 23.6. The fourth-order valence-electron chi connectivity index (χ4n) is 5.58. The normalized spacial score (nSPS) is 16.6. The van der Waals surface area contributed by atoms with Crippen LogP contribution in [0.3, 0.4) is 0 Å². The molecule has 2 aliphatic heterocycles. The highest BCUT2D eigenvalue weighted by atomic mass is 19.1. The van der Waals surface area contributed by atoms with Crippen LogP contribution in [0.1, 0.15) is 29.6 Å². The fraction of sp³-hybridized carbons (Fsp3) is 0.300. The Kier molecular flexibility index (Phi) is 6.31. The highest BCUT2D eigenvalue weighted by Crippen LogP contribution is 2.48. The van der Waals surface area contributed by atoms with Gasteiger partial charge in [0, 0.05) is 38.3 Å². The summed E-state index contributed by atoms with van der Waals surface area (Å²) in [6.07, 6.45) is 6.07. The number of ether oxygens (including phenoxy) is 1. The van der Waals surface area contributed by atoms with Gasteiger partial charge in [-0.05, 0) is 50.4 Å². The van der Waals surface area contributed by atoms with Gasteiger partial charge in [0.2, 0.25) is 5.43 Å². The number of rotatable bonds is 6. The van der Waals surface area contributed by atoms with Crippen LogP contribution in [0.5, 0.6) is 11.5 Å². The Bertz CT molecular complexity index is 1710. The third-order valence-corrected chi connectivity index (χ3v) is 7.59. The van der Waals surface area contributed by atoms with Gasteiger partial charge in [-0.3, -0.25) is 9.59 Å². The molecule has 0 spiro atoms. The van der Waals surface area contributed by atoms with Gasteiger partial charge in [0.05, 0.1) is 17.4 Å². The standard InChI is InChI=1S/C30H30FN5O3/c1-34(2)17-33-25-23(31)15-21-26-29(25)39-28-20-9-5-4-7-18(20)10-11-24(28)36(26)16-22(27(21)37)30(38)32-13-12-19-8-6-14-35(19)3/h4-5,7,9-11,15-17,19H,6,8,12-14H2,1-3H3,(H,32,38)/b33-17+. The maximum Gasteiger partial charge on any atom is 0.256 e. The van der Waals surface area contributed by atoms with E-state index in [0.717, 1.165) is 42.6 Å². The van der Waals surface area contributed by atoms with Crippen LogP contribution < -0.4 is 15.5 Å². The van der Waals surface area contributed by atoms with Gasteiger partial charge in [-0.1, -0.05) is 30.3 Å². The number of pyridine rings is 1. The highest BCUT2D eigenvalue weighted by Gasteiger charge is 2.29. The Morgan fingerprint density at radius 3 is 2.79 bits per heavy atom. The first-order valence-corrected chi connectivity index (χ1v) is 13.1. The number of likely N-dealkylation sites (tertiary alicyclic amines) is 1. The van der Waals surface area contributed by atoms with Gasteiger partial charge in [-0.2, -0.15) is 0 Å². The number of hydrogen-bond donors (Lipinski definition) is 1. The van der Waals surface area contributed by atoms with Gasteiger partial charge in [-0.15, -0.1) is 0 Å². The molecule has 0 saturated carbocycles. The number of benzene rings is 3. The molecule has 0 bridgehead atoms. The number of halogens is 1. The van der Waals surface area contributed by atoms with Crippen LogP contribution in [-0.2, 0) is 0 Å². The van der Waals surface area contributed by atoms with Crippen LogP contribution >= 0.6 is 0 Å². The van der Waals surface area contributed by atoms with E-state index < -0.39 is 17.2 Å². The number of aromatic nitrogens is 1. The first-order valence-electron chi connectivity index (χ1n) is 13.1. The molecule has 1 aromatic heterocycles. The SMILES string of the molecule is CN(C)/C=N/c1c(F)cc2c(=O)c(C(=O)NCCC3CCCN3C)cn3c2c1Oc1c-3ccc2ccccc12. The maximum absolute atomic E-state index is 15.5. The van der Waals surface area contributed by atoms with E-state index in [1.807, 2.05) is 36.4 Å². The van der Waals surface area contributed by atoms with Crippen molar-refractivity contribution in [3.8, 4) is 17.2 Å². The molecule has 1 unspecified atom stereocenters. The largest absolute Gasteiger partial charge is 0.450 e. The molecule has 200 valence electrons. The lowest BCUT2D eigenvalue weighted by atomic mass is 10.0. The molecule has 0 aliphatic carbocycles. The molecule has 1 saturated heterocycles. The molecular weight excluding hydrogens is 497 g/mol. The van der Waals surface area contributed by atoms with Crippen molar-refractivity contribution >= 4 is 39.6 Å². The number of nitrogens with zero attached hydrogens (tertiary/aromatic N) is 4. The number of nitrogens with one attached hydrogen (secondary N) is 1. The average Bonchev–Trinajstić information content (AvgIpc) is 3.33. The average molecular weight is 528 g/mol. The lowest BCUT2D eigenvalue weighted by Gasteiger charge is -2.26. The molecule has 1 amide bonds. The van der Waals surface area contributed by atoms with Crippen molar-refractivity contribution in [1.82, 2.24) is 19.7 Å². The monoisotopic (exact) mass is 527 g/mol. The Hall–Kier alpha value is -4.24. The quantitative estimate of drug-likeness (QED) is 0.253. The van der Waals surface area contributed by atoms with E-state index in [9.17, 15) is 9.59 Å². The summed E-state index contributed by atoms with van der Waals surface area (Å²) in [4.78, 5) is 35.2. The van der Waals surface area contributed by atoms with E-state index in [-0.39, 0.29) is 22.4 Å². The predicted octanol–water partition coefficient (Wildman–Crippen LogP) is 4.82. The van der Waals surface area contributed by atoms with E-state index >= 15 is 4.39 Å². The number of amides is 1. The summed E-state index contributed by atoms with van der Waals surface area (Å²) in [5.74, 6) is -0.532. The van der Waals surface area contributed by atoms with Gasteiger partial charge in [0.1, 0.15) is 16.8 Å². The number of fused-ring (bicyclic) bond motifs is 4. The van der Waals surface area contributed by atoms with Gasteiger partial charge in [0.25, 0.3) is 5.91 Å². The molecule has 3 heterocycles. The summed E-state index contributed by atoms with van der Waals surface area (Å²) in [6, 6.07) is 13.1. The Morgan fingerprint density at radius 2 is 2.03 bits per heavy atom. The van der Waals surface area contributed by atoms with Crippen molar-refractivity contribution < 1.29 is 13.9 Å². The molecule has 4 aromatic rings. The second-order valence-corrected chi connectivity index (χ2v) is 10.4. The van der Waals surface area contributed by atoms with Crippen LogP contribution in [0.15, 0.2) is 58.4 Å². The second-order valence-electron chi connectivity index (χ2n) is 10.4. The van der Waals surface area contributed by atoms with Gasteiger partial charge in [0.15, 0.2) is 17.3 Å². The first kappa shape index (κ1) is 25.1. The minimum Gasteiger partial charge on any atom is -0.450 e. The van der Waals surface area contributed by atoms with E-state index in [2.05, 4.69) is 22.3 Å². The number of carbonyl (C=O) groups excluding carboxylic acids is 1. The zero-order valence-corrected chi connectivity index (χ0v) is 22.2. The summed E-state index contributed by atoms with van der Waals surface area (Å²) >= 11 is 0. The summed E-state index contributed by atoms with van der Waals surface area (Å²) in [5, 5.41) is 4.75. The maximum atomic E-state index is 15.5. The van der Waals surface area contributed by atoms with E-state index in [1.54, 1.807) is 29.8 Å². The summed E-state index contributed by atoms with van der Waals surface area (Å²) in [5.41, 5.74) is 0.424. The van der Waals surface area contributed by atoms with Crippen molar-refractivity contribution in [2.75, 3.05) is 34.2 Å².